The Kier molecular flexibility index (Phi) is 7.56. The highest BCUT2D eigenvalue weighted by Crippen LogP contribution is 2.60. The Bertz CT molecular complexity index is 1750. The number of thioether (sulfide) groups is 1. The molecule has 0 bridgehead atoms. The van der Waals surface area contributed by atoms with Gasteiger partial charge >= 0.3 is 0 Å². The van der Waals surface area contributed by atoms with E-state index in [9.17, 15) is 0 Å². The molecule has 0 aromatic heterocycles. The van der Waals surface area contributed by atoms with E-state index < -0.39 is 0 Å². The van der Waals surface area contributed by atoms with Gasteiger partial charge in [0.15, 0.2) is 0 Å². The summed E-state index contributed by atoms with van der Waals surface area (Å²) in [6.07, 6.45) is 14.4. The van der Waals surface area contributed by atoms with Crippen molar-refractivity contribution < 1.29 is 0 Å². The number of hydrogen-bond donors (Lipinski definition) is 0. The lowest BCUT2D eigenvalue weighted by atomic mass is 9.68. The van der Waals surface area contributed by atoms with Crippen LogP contribution in [0.2, 0.25) is 0 Å². The highest BCUT2D eigenvalue weighted by molar-refractivity contribution is 8.00. The van der Waals surface area contributed by atoms with Crippen LogP contribution in [0.4, 0.5) is 0 Å². The van der Waals surface area contributed by atoms with Gasteiger partial charge < -0.3 is 0 Å². The second-order valence-electron chi connectivity index (χ2n) is 14.8. The van der Waals surface area contributed by atoms with E-state index in [1.54, 1.807) is 5.56 Å². The molecule has 0 amide bonds. The summed E-state index contributed by atoms with van der Waals surface area (Å²) in [5, 5.41) is 10.8. The third-order valence-electron chi connectivity index (χ3n) is 12.5. The largest absolute Gasteiger partial charge is 0.292 e. The summed E-state index contributed by atoms with van der Waals surface area (Å²) in [6.45, 7) is 0. The number of fused-ring (bicyclic) bond motifs is 5. The van der Waals surface area contributed by atoms with Crippen molar-refractivity contribution in [1.82, 2.24) is 4.90 Å². The van der Waals surface area contributed by atoms with Crippen molar-refractivity contribution in [2.45, 2.75) is 98.8 Å². The third-order valence-corrected chi connectivity index (χ3v) is 14.2. The summed E-state index contributed by atoms with van der Waals surface area (Å²) in [5.41, 5.74) is 9.73. The topological polar surface area (TPSA) is 27.0 Å². The van der Waals surface area contributed by atoms with Crippen LogP contribution in [-0.4, -0.2) is 33.5 Å². The van der Waals surface area contributed by atoms with Crippen LogP contribution < -0.4 is 0 Å². The zero-order valence-electron chi connectivity index (χ0n) is 26.7. The fourth-order valence-electron chi connectivity index (χ4n) is 10.5. The first-order valence-electron chi connectivity index (χ1n) is 18.0. The van der Waals surface area contributed by atoms with Crippen LogP contribution in [0.1, 0.15) is 81.3 Å². The summed E-state index contributed by atoms with van der Waals surface area (Å²) in [7, 11) is 0. The van der Waals surface area contributed by atoms with Gasteiger partial charge in [-0.2, -0.15) is 17.0 Å². The first kappa shape index (κ1) is 28.9. The number of hydrogen-bond acceptors (Lipinski definition) is 3. The Morgan fingerprint density at radius 2 is 1.17 bits per heavy atom. The maximum atomic E-state index is 9.13. The average Bonchev–Trinajstić information content (AvgIpc) is 3.47. The van der Waals surface area contributed by atoms with Gasteiger partial charge in [0, 0.05) is 28.6 Å². The highest BCUT2D eigenvalue weighted by Gasteiger charge is 2.60. The molecule has 2 aliphatic heterocycles. The fourth-order valence-corrected chi connectivity index (χ4v) is 12.5. The van der Waals surface area contributed by atoms with Gasteiger partial charge in [-0.25, -0.2) is 0 Å². The number of nitrogens with zero attached hydrogens (tertiary/aromatic N) is 2. The monoisotopic (exact) mass is 620 g/mol. The van der Waals surface area contributed by atoms with Gasteiger partial charge in [-0.05, 0) is 113 Å². The molecule has 0 radical (unpaired) electrons. The van der Waals surface area contributed by atoms with Gasteiger partial charge in [0.2, 0.25) is 0 Å². The van der Waals surface area contributed by atoms with Crippen molar-refractivity contribution in [2.24, 2.45) is 11.8 Å². The summed E-state index contributed by atoms with van der Waals surface area (Å²) in [6, 6.07) is 40.2. The second kappa shape index (κ2) is 12.0. The molecule has 4 aromatic rings. The molecule has 3 saturated carbocycles. The standard InChI is InChI=1S/C43H44N2S/c44-27-28-15-17-29(18-16-28)30-19-21-31(22-20-30)32-7-5-8-33(23-32)34-9-6-10-35(24-34)36-25-38-37-11-1-2-12-39(37)45-40-13-3-4-14-41(40)46-42(26-36)43(38)45/h5-10,15-24,36-43H,1-4,11-14,25-26H2. The van der Waals surface area contributed by atoms with Crippen LogP contribution in [0, 0.1) is 23.2 Å². The zero-order chi connectivity index (χ0) is 30.6. The number of nitriles is 1. The summed E-state index contributed by atoms with van der Waals surface area (Å²) in [4.78, 5) is 3.19. The lowest BCUT2D eigenvalue weighted by Crippen LogP contribution is -2.59. The first-order valence-corrected chi connectivity index (χ1v) is 18.9. The molecule has 2 heterocycles. The van der Waals surface area contributed by atoms with Gasteiger partial charge in [-0.3, -0.25) is 4.90 Å². The molecule has 0 spiro atoms. The maximum Gasteiger partial charge on any atom is 0.0991 e. The first-order chi connectivity index (χ1) is 22.7. The molecule has 5 aliphatic rings. The minimum atomic E-state index is 0.680. The molecular weight excluding hydrogens is 577 g/mol. The molecule has 2 nitrogen and oxygen atoms in total. The van der Waals surface area contributed by atoms with E-state index in [0.717, 1.165) is 46.0 Å². The smallest absolute Gasteiger partial charge is 0.0991 e. The molecule has 5 fully saturated rings. The van der Waals surface area contributed by atoms with E-state index >= 15 is 0 Å². The normalized spacial score (nSPS) is 31.7. The average molecular weight is 621 g/mol. The molecule has 8 unspecified atom stereocenters. The van der Waals surface area contributed by atoms with Crippen molar-refractivity contribution in [3.8, 4) is 39.4 Å². The molecule has 4 aromatic carbocycles. The summed E-state index contributed by atoms with van der Waals surface area (Å²) >= 11 is 2.44. The molecule has 2 saturated heterocycles. The van der Waals surface area contributed by atoms with E-state index in [2.05, 4.69) is 95.5 Å². The van der Waals surface area contributed by atoms with E-state index in [-0.39, 0.29) is 0 Å². The Morgan fingerprint density at radius 1 is 0.565 bits per heavy atom. The molecule has 232 valence electrons. The third kappa shape index (κ3) is 5.04. The lowest BCUT2D eigenvalue weighted by Gasteiger charge is -2.54. The fraction of sp³-hybridized carbons (Fsp3) is 0.419. The number of benzene rings is 4. The lowest BCUT2D eigenvalue weighted by molar-refractivity contribution is 0.0604. The van der Waals surface area contributed by atoms with Crippen molar-refractivity contribution in [3.63, 3.8) is 0 Å². The summed E-state index contributed by atoms with van der Waals surface area (Å²) in [5.74, 6) is 2.51. The van der Waals surface area contributed by atoms with Crippen molar-refractivity contribution in [2.75, 3.05) is 0 Å². The summed E-state index contributed by atoms with van der Waals surface area (Å²) < 4.78 is 0. The van der Waals surface area contributed by atoms with Crippen LogP contribution in [-0.2, 0) is 0 Å². The van der Waals surface area contributed by atoms with Gasteiger partial charge in [0.25, 0.3) is 0 Å². The molecule has 8 atom stereocenters. The van der Waals surface area contributed by atoms with E-state index in [0.29, 0.717) is 11.5 Å². The zero-order valence-corrected chi connectivity index (χ0v) is 27.5. The SMILES string of the molecule is N#Cc1ccc(-c2ccc(-c3cccc(-c4cccc(C5CC6SC7CCCCC7N7C8CCCCC8C(C5)C67)c4)c3)cc2)cc1. The molecule has 0 N–H and O–H groups in total. The number of rotatable bonds is 4. The van der Waals surface area contributed by atoms with Crippen LogP contribution in [0.25, 0.3) is 33.4 Å². The van der Waals surface area contributed by atoms with Crippen molar-refractivity contribution in [3.05, 3.63) is 108 Å². The predicted octanol–water partition coefficient (Wildman–Crippen LogP) is 10.7. The minimum Gasteiger partial charge on any atom is -0.292 e. The molecule has 3 heteroatoms. The predicted molar refractivity (Wildman–Crippen MR) is 192 cm³/mol. The van der Waals surface area contributed by atoms with E-state index in [1.165, 1.54) is 92.0 Å². The molecule has 46 heavy (non-hydrogen) atoms. The van der Waals surface area contributed by atoms with Crippen molar-refractivity contribution >= 4 is 11.8 Å². The maximum absolute atomic E-state index is 9.13. The van der Waals surface area contributed by atoms with Crippen LogP contribution in [0.15, 0.2) is 97.1 Å². The molecular formula is C43H44N2S. The van der Waals surface area contributed by atoms with Gasteiger partial charge in [-0.1, -0.05) is 105 Å². The Balaban J connectivity index is 0.976. The van der Waals surface area contributed by atoms with Crippen LogP contribution in [0.5, 0.6) is 0 Å². The van der Waals surface area contributed by atoms with Gasteiger partial charge in [0.05, 0.1) is 11.6 Å². The van der Waals surface area contributed by atoms with Crippen molar-refractivity contribution in [1.29, 1.82) is 5.26 Å². The van der Waals surface area contributed by atoms with Gasteiger partial charge in [-0.15, -0.1) is 0 Å². The second-order valence-corrected chi connectivity index (χ2v) is 16.3. The van der Waals surface area contributed by atoms with Crippen LogP contribution in [0.3, 0.4) is 0 Å². The Hall–Kier alpha value is -3.32. The molecule has 3 aliphatic carbocycles. The minimum absolute atomic E-state index is 0.680. The Labute approximate surface area is 279 Å². The van der Waals surface area contributed by atoms with Crippen LogP contribution >= 0.6 is 11.8 Å². The van der Waals surface area contributed by atoms with Gasteiger partial charge in [0.1, 0.15) is 0 Å². The van der Waals surface area contributed by atoms with E-state index in [1.807, 2.05) is 24.3 Å². The molecule has 9 rings (SSSR count). The Morgan fingerprint density at radius 3 is 1.93 bits per heavy atom. The highest BCUT2D eigenvalue weighted by atomic mass is 32.2. The van der Waals surface area contributed by atoms with E-state index in [4.69, 9.17) is 5.26 Å². The quantitative estimate of drug-likeness (QED) is 0.227.